The summed E-state index contributed by atoms with van der Waals surface area (Å²) in [5, 5.41) is 13.9. The summed E-state index contributed by atoms with van der Waals surface area (Å²) in [7, 11) is 0. The Balaban J connectivity index is 0.00000450. The molecule has 6 nitrogen and oxygen atoms in total. The maximum Gasteiger partial charge on any atom is 0.252 e. The summed E-state index contributed by atoms with van der Waals surface area (Å²) in [6.45, 7) is 5.76. The number of carbonyl (C=O) groups excluding carboxylic acids is 1. The van der Waals surface area contributed by atoms with Gasteiger partial charge in [-0.3, -0.25) is 4.79 Å². The average molecular weight is 437 g/mol. The lowest BCUT2D eigenvalue weighted by Crippen LogP contribution is -2.31. The Kier molecular flexibility index (Phi) is 12.1. The molecule has 0 aromatic heterocycles. The number of hydrogen-bond acceptors (Lipinski definition) is 5. The van der Waals surface area contributed by atoms with Crippen LogP contribution in [-0.2, 0) is 11.2 Å². The van der Waals surface area contributed by atoms with Crippen LogP contribution in [0.15, 0.2) is 48.5 Å². The smallest absolute Gasteiger partial charge is 0.252 e. The number of hydrogen-bond donors (Lipinski definition) is 3. The van der Waals surface area contributed by atoms with Crippen molar-refractivity contribution in [1.82, 2.24) is 5.32 Å². The highest BCUT2D eigenvalue weighted by atomic mass is 35.5. The third kappa shape index (κ3) is 8.71. The summed E-state index contributed by atoms with van der Waals surface area (Å²) >= 11 is 0. The molecule has 2 aromatic rings. The van der Waals surface area contributed by atoms with Gasteiger partial charge in [-0.2, -0.15) is 0 Å². The zero-order valence-corrected chi connectivity index (χ0v) is 18.5. The largest absolute Gasteiger partial charge is 0.490 e. The summed E-state index contributed by atoms with van der Waals surface area (Å²) in [5.74, 6) is -0.188. The molecule has 0 saturated heterocycles. The number of primary amides is 1. The van der Waals surface area contributed by atoms with Crippen LogP contribution in [0.5, 0.6) is 5.75 Å². The first-order valence-electron chi connectivity index (χ1n) is 10.1. The fraction of sp³-hybridized carbons (Fsp3) is 0.435. The minimum atomic E-state index is -0.746. The van der Waals surface area contributed by atoms with Gasteiger partial charge in [-0.15, -0.1) is 12.4 Å². The number of nitrogens with one attached hydrogen (secondary N) is 1. The summed E-state index contributed by atoms with van der Waals surface area (Å²) in [5.41, 5.74) is 7.67. The van der Waals surface area contributed by atoms with Crippen LogP contribution in [0.2, 0.25) is 0 Å². The van der Waals surface area contributed by atoms with Gasteiger partial charge in [0.15, 0.2) is 0 Å². The molecule has 2 aromatic carbocycles. The van der Waals surface area contributed by atoms with E-state index in [2.05, 4.69) is 24.4 Å². The molecule has 0 aliphatic carbocycles. The van der Waals surface area contributed by atoms with E-state index in [1.807, 2.05) is 25.1 Å². The molecule has 2 rings (SSSR count). The Hall–Kier alpha value is -2.12. The zero-order valence-electron chi connectivity index (χ0n) is 17.7. The van der Waals surface area contributed by atoms with Crippen molar-refractivity contribution in [1.29, 1.82) is 0 Å². The van der Waals surface area contributed by atoms with E-state index in [9.17, 15) is 9.90 Å². The van der Waals surface area contributed by atoms with Gasteiger partial charge in [0.05, 0.1) is 18.3 Å². The summed E-state index contributed by atoms with van der Waals surface area (Å²) in [4.78, 5) is 11.8. The molecule has 0 aliphatic rings. The predicted octanol–water partition coefficient (Wildman–Crippen LogP) is 3.27. The topological polar surface area (TPSA) is 93.8 Å². The molecule has 0 spiro atoms. The molecule has 2 unspecified atom stereocenters. The number of nitrogens with two attached hydrogens (primary N) is 1. The maximum absolute atomic E-state index is 11.8. The average Bonchev–Trinajstić information content (AvgIpc) is 2.74. The maximum atomic E-state index is 11.8. The zero-order chi connectivity index (χ0) is 21.1. The molecule has 0 fully saturated rings. The number of benzene rings is 2. The minimum absolute atomic E-state index is 0. The second kappa shape index (κ2) is 14.0. The highest BCUT2D eigenvalue weighted by Gasteiger charge is 2.15. The van der Waals surface area contributed by atoms with Crippen LogP contribution >= 0.6 is 12.4 Å². The summed E-state index contributed by atoms with van der Waals surface area (Å²) in [6.07, 6.45) is 1.20. The van der Waals surface area contributed by atoms with Gasteiger partial charge >= 0.3 is 0 Å². The number of amides is 1. The summed E-state index contributed by atoms with van der Waals surface area (Å²) in [6, 6.07) is 15.6. The van der Waals surface area contributed by atoms with Crippen molar-refractivity contribution in [2.24, 2.45) is 5.73 Å². The second-order valence-electron chi connectivity index (χ2n) is 7.01. The van der Waals surface area contributed by atoms with E-state index >= 15 is 0 Å². The van der Waals surface area contributed by atoms with Gasteiger partial charge in [0.1, 0.15) is 12.4 Å². The SMILES string of the molecule is CCOCCOc1ccc(C(O)CNC(C)CCc2ccccc2)cc1C(N)=O.Cl. The van der Waals surface area contributed by atoms with Crippen molar-refractivity contribution in [3.63, 3.8) is 0 Å². The van der Waals surface area contributed by atoms with E-state index in [1.165, 1.54) is 5.56 Å². The van der Waals surface area contributed by atoms with Gasteiger partial charge in [0.25, 0.3) is 5.91 Å². The third-order valence-corrected chi connectivity index (χ3v) is 4.71. The quantitative estimate of drug-likeness (QED) is 0.419. The molecular weight excluding hydrogens is 404 g/mol. The second-order valence-corrected chi connectivity index (χ2v) is 7.01. The first-order chi connectivity index (χ1) is 14.0. The number of aryl methyl sites for hydroxylation is 1. The highest BCUT2D eigenvalue weighted by molar-refractivity contribution is 5.95. The molecule has 0 heterocycles. The molecular formula is C23H33ClN2O4. The molecule has 7 heteroatoms. The first-order valence-corrected chi connectivity index (χ1v) is 10.1. The number of ether oxygens (including phenoxy) is 2. The third-order valence-electron chi connectivity index (χ3n) is 4.71. The van der Waals surface area contributed by atoms with Gasteiger partial charge in [-0.25, -0.2) is 0 Å². The van der Waals surface area contributed by atoms with Crippen LogP contribution in [0.4, 0.5) is 0 Å². The van der Waals surface area contributed by atoms with Crippen LogP contribution < -0.4 is 15.8 Å². The van der Waals surface area contributed by atoms with Gasteiger partial charge in [-0.1, -0.05) is 36.4 Å². The normalized spacial score (nSPS) is 12.6. The van der Waals surface area contributed by atoms with Crippen molar-refractivity contribution in [3.05, 3.63) is 65.2 Å². The van der Waals surface area contributed by atoms with Crippen LogP contribution in [-0.4, -0.2) is 43.4 Å². The van der Waals surface area contributed by atoms with Crippen molar-refractivity contribution in [2.45, 2.75) is 38.8 Å². The minimum Gasteiger partial charge on any atom is -0.490 e. The Morgan fingerprint density at radius 3 is 2.57 bits per heavy atom. The monoisotopic (exact) mass is 436 g/mol. The Bertz CT molecular complexity index is 758. The van der Waals surface area contributed by atoms with E-state index in [-0.39, 0.29) is 24.0 Å². The van der Waals surface area contributed by atoms with Gasteiger partial charge in [-0.05, 0) is 49.9 Å². The standard InChI is InChI=1S/C23H32N2O4.ClH/c1-3-28-13-14-29-22-12-11-19(15-20(22)23(24)27)21(26)16-25-17(2)9-10-18-7-5-4-6-8-18;/h4-8,11-12,15,17,21,25-26H,3,9-10,13-14,16H2,1-2H3,(H2,24,27);1H. The van der Waals surface area contributed by atoms with Crippen LogP contribution in [0.25, 0.3) is 0 Å². The Labute approximate surface area is 185 Å². The molecule has 0 bridgehead atoms. The molecule has 0 aliphatic heterocycles. The highest BCUT2D eigenvalue weighted by Crippen LogP contribution is 2.23. The molecule has 166 valence electrons. The van der Waals surface area contributed by atoms with Crippen LogP contribution in [0.3, 0.4) is 0 Å². The Morgan fingerprint density at radius 2 is 1.90 bits per heavy atom. The van der Waals surface area contributed by atoms with Gasteiger partial charge in [0, 0.05) is 19.2 Å². The van der Waals surface area contributed by atoms with Gasteiger partial charge in [0.2, 0.25) is 0 Å². The van der Waals surface area contributed by atoms with Crippen molar-refractivity contribution < 1.29 is 19.4 Å². The molecule has 0 saturated carbocycles. The number of rotatable bonds is 13. The molecule has 0 radical (unpaired) electrons. The van der Waals surface area contributed by atoms with Gasteiger partial charge < -0.3 is 25.6 Å². The van der Waals surface area contributed by atoms with Crippen LogP contribution in [0.1, 0.15) is 47.9 Å². The lowest BCUT2D eigenvalue weighted by atomic mass is 10.0. The number of halogens is 1. The fourth-order valence-electron chi connectivity index (χ4n) is 2.99. The molecule has 30 heavy (non-hydrogen) atoms. The van der Waals surface area contributed by atoms with E-state index in [0.717, 1.165) is 12.8 Å². The first kappa shape index (κ1) is 25.9. The number of aliphatic hydroxyl groups is 1. The summed E-state index contributed by atoms with van der Waals surface area (Å²) < 4.78 is 10.8. The fourth-order valence-corrected chi connectivity index (χ4v) is 2.99. The van der Waals surface area contributed by atoms with Crippen molar-refractivity contribution in [3.8, 4) is 5.75 Å². The lowest BCUT2D eigenvalue weighted by Gasteiger charge is -2.19. The van der Waals surface area contributed by atoms with E-state index in [0.29, 0.717) is 37.7 Å². The number of carbonyl (C=O) groups is 1. The lowest BCUT2D eigenvalue weighted by molar-refractivity contribution is 0.0978. The molecule has 4 N–H and O–H groups in total. The van der Waals surface area contributed by atoms with E-state index in [4.69, 9.17) is 15.2 Å². The van der Waals surface area contributed by atoms with Crippen molar-refractivity contribution in [2.75, 3.05) is 26.4 Å². The van der Waals surface area contributed by atoms with Crippen molar-refractivity contribution >= 4 is 18.3 Å². The number of aliphatic hydroxyl groups excluding tert-OH is 1. The predicted molar refractivity (Wildman–Crippen MR) is 121 cm³/mol. The van der Waals surface area contributed by atoms with Crippen LogP contribution in [0, 0.1) is 0 Å². The van der Waals surface area contributed by atoms with E-state index < -0.39 is 12.0 Å². The Morgan fingerprint density at radius 1 is 1.17 bits per heavy atom. The molecule has 1 amide bonds. The van der Waals surface area contributed by atoms with E-state index in [1.54, 1.807) is 18.2 Å². The molecule has 2 atom stereocenters.